The molecule has 0 amide bonds. The maximum absolute atomic E-state index is 12.8. The zero-order valence-electron chi connectivity index (χ0n) is 15.8. The van der Waals surface area contributed by atoms with Crippen LogP contribution in [0.15, 0.2) is 71.8 Å². The molecule has 2 unspecified atom stereocenters. The Morgan fingerprint density at radius 2 is 1.82 bits per heavy atom. The number of carbonyl (C=O) groups is 1. The summed E-state index contributed by atoms with van der Waals surface area (Å²) < 4.78 is 17.8. The van der Waals surface area contributed by atoms with Gasteiger partial charge < -0.3 is 4.74 Å². The van der Waals surface area contributed by atoms with Crippen LogP contribution in [0.5, 0.6) is 0 Å². The molecular formula is C22H23NO3PS+. The molecular weight excluding hydrogens is 389 g/mol. The van der Waals surface area contributed by atoms with E-state index in [0.717, 1.165) is 21.5 Å². The van der Waals surface area contributed by atoms with Crippen molar-refractivity contribution in [3.8, 4) is 0 Å². The minimum atomic E-state index is -1.49. The highest BCUT2D eigenvalue weighted by atomic mass is 32.2. The van der Waals surface area contributed by atoms with E-state index >= 15 is 0 Å². The Kier molecular flexibility index (Phi) is 7.58. The Hall–Kier alpha value is -2.23. The third-order valence-electron chi connectivity index (χ3n) is 4.34. The lowest BCUT2D eigenvalue weighted by Crippen LogP contribution is -2.12. The second kappa shape index (κ2) is 10.4. The van der Waals surface area contributed by atoms with Crippen LogP contribution in [0.1, 0.15) is 24.8 Å². The van der Waals surface area contributed by atoms with Gasteiger partial charge in [-0.1, -0.05) is 70.9 Å². The molecule has 0 saturated heterocycles. The van der Waals surface area contributed by atoms with E-state index in [4.69, 9.17) is 4.74 Å². The van der Waals surface area contributed by atoms with E-state index in [1.54, 1.807) is 6.92 Å². The zero-order chi connectivity index (χ0) is 19.8. The van der Waals surface area contributed by atoms with Crippen molar-refractivity contribution in [2.24, 2.45) is 0 Å². The second-order valence-electron chi connectivity index (χ2n) is 6.40. The van der Waals surface area contributed by atoms with Gasteiger partial charge in [0.05, 0.1) is 18.5 Å². The fourth-order valence-corrected chi connectivity index (χ4v) is 5.68. The maximum atomic E-state index is 12.8. The molecule has 1 heterocycles. The van der Waals surface area contributed by atoms with Crippen LogP contribution in [0.2, 0.25) is 0 Å². The van der Waals surface area contributed by atoms with Crippen molar-refractivity contribution >= 4 is 36.4 Å². The van der Waals surface area contributed by atoms with Gasteiger partial charge in [0.15, 0.2) is 11.7 Å². The number of carbonyl (C=O) groups excluding carboxylic acids is 1. The van der Waals surface area contributed by atoms with Crippen molar-refractivity contribution < 1.29 is 14.1 Å². The monoisotopic (exact) mass is 412 g/mol. The van der Waals surface area contributed by atoms with E-state index in [1.807, 2.05) is 66.7 Å². The average Bonchev–Trinajstić information content (AvgIpc) is 2.72. The topological polar surface area (TPSA) is 56.3 Å². The average molecular weight is 412 g/mol. The highest BCUT2D eigenvalue weighted by Gasteiger charge is 2.27. The lowest BCUT2D eigenvalue weighted by molar-refractivity contribution is -0.143. The largest absolute Gasteiger partial charge is 0.466 e. The summed E-state index contributed by atoms with van der Waals surface area (Å²) in [5.41, 5.74) is 2.44. The fraction of sp³-hybridized carbons (Fsp3) is 0.273. The standard InChI is InChI=1S/C22H23NO3PS/c1-2-26-22(24)14-19(17-8-4-3-5-9-17)15-27(25)16-28-21-13-12-18-10-6-7-11-20(18)23-21/h3-13,19H,2,14-16H2,1H3/q+1. The SMILES string of the molecule is CCOC(=O)CC(C[P+](=O)CSc1ccc2ccccc2n1)c1ccccc1. The van der Waals surface area contributed by atoms with Gasteiger partial charge in [-0.2, -0.15) is 0 Å². The molecule has 4 nitrogen and oxygen atoms in total. The van der Waals surface area contributed by atoms with E-state index in [2.05, 4.69) is 4.98 Å². The summed E-state index contributed by atoms with van der Waals surface area (Å²) in [6.45, 7) is 2.15. The van der Waals surface area contributed by atoms with Crippen LogP contribution >= 0.6 is 19.6 Å². The molecule has 0 aliphatic rings. The summed E-state index contributed by atoms with van der Waals surface area (Å²) in [5.74, 6) is -0.349. The van der Waals surface area contributed by atoms with Gasteiger partial charge in [0.2, 0.25) is 0 Å². The summed E-state index contributed by atoms with van der Waals surface area (Å²) in [4.78, 5) is 16.6. The maximum Gasteiger partial charge on any atom is 0.350 e. The highest BCUT2D eigenvalue weighted by Crippen LogP contribution is 2.37. The molecule has 0 fully saturated rings. The summed E-state index contributed by atoms with van der Waals surface area (Å²) in [6, 6.07) is 21.7. The van der Waals surface area contributed by atoms with E-state index in [9.17, 15) is 9.36 Å². The van der Waals surface area contributed by atoms with Gasteiger partial charge in [0.25, 0.3) is 0 Å². The highest BCUT2D eigenvalue weighted by molar-refractivity contribution is 8.03. The van der Waals surface area contributed by atoms with Crippen LogP contribution in [0.4, 0.5) is 0 Å². The van der Waals surface area contributed by atoms with Crippen LogP contribution in [-0.4, -0.2) is 29.2 Å². The van der Waals surface area contributed by atoms with Crippen LogP contribution in [0.3, 0.4) is 0 Å². The number of fused-ring (bicyclic) bond motifs is 1. The third-order valence-corrected chi connectivity index (χ3v) is 7.38. The number of hydrogen-bond acceptors (Lipinski definition) is 5. The molecule has 3 rings (SSSR count). The van der Waals surface area contributed by atoms with Crippen molar-refractivity contribution in [1.82, 2.24) is 4.98 Å². The smallest absolute Gasteiger partial charge is 0.350 e. The number of pyridine rings is 1. The van der Waals surface area contributed by atoms with E-state index < -0.39 is 7.80 Å². The first-order chi connectivity index (χ1) is 13.7. The zero-order valence-corrected chi connectivity index (χ0v) is 17.5. The third kappa shape index (κ3) is 5.88. The molecule has 0 saturated carbocycles. The molecule has 0 radical (unpaired) electrons. The van der Waals surface area contributed by atoms with Gasteiger partial charge in [-0.15, -0.1) is 0 Å². The first-order valence-corrected chi connectivity index (χ1v) is 11.9. The molecule has 0 N–H and O–H groups in total. The molecule has 0 spiro atoms. The number of ether oxygens (including phenoxy) is 1. The van der Waals surface area contributed by atoms with Gasteiger partial charge in [0.1, 0.15) is 5.03 Å². The minimum Gasteiger partial charge on any atom is -0.466 e. The Bertz CT molecular complexity index is 949. The first-order valence-electron chi connectivity index (χ1n) is 9.27. The Balaban J connectivity index is 1.63. The predicted octanol–water partition coefficient (Wildman–Crippen LogP) is 5.85. The summed E-state index contributed by atoms with van der Waals surface area (Å²) in [6.07, 6.45) is 0.705. The number of hydrogen-bond donors (Lipinski definition) is 0. The normalized spacial score (nSPS) is 12.5. The van der Waals surface area contributed by atoms with Crippen LogP contribution in [0.25, 0.3) is 10.9 Å². The molecule has 2 atom stereocenters. The van der Waals surface area contributed by atoms with Gasteiger partial charge in [0, 0.05) is 11.3 Å². The van der Waals surface area contributed by atoms with Crippen LogP contribution < -0.4 is 0 Å². The van der Waals surface area contributed by atoms with Crippen molar-refractivity contribution in [2.45, 2.75) is 24.3 Å². The lowest BCUT2D eigenvalue weighted by atomic mass is 9.98. The van der Waals surface area contributed by atoms with Crippen molar-refractivity contribution in [3.05, 3.63) is 72.3 Å². The number of rotatable bonds is 9. The van der Waals surface area contributed by atoms with Gasteiger partial charge >= 0.3 is 13.8 Å². The molecule has 1 aromatic heterocycles. The predicted molar refractivity (Wildman–Crippen MR) is 115 cm³/mol. The molecule has 2 aromatic carbocycles. The lowest BCUT2D eigenvalue weighted by Gasteiger charge is -2.12. The number of thioether (sulfide) groups is 1. The van der Waals surface area contributed by atoms with Crippen molar-refractivity contribution in [1.29, 1.82) is 0 Å². The number of nitrogens with zero attached hydrogens (tertiary/aromatic N) is 1. The number of aromatic nitrogens is 1. The Morgan fingerprint density at radius 1 is 1.07 bits per heavy atom. The summed E-state index contributed by atoms with van der Waals surface area (Å²) in [7, 11) is -1.49. The molecule has 0 aliphatic heterocycles. The Morgan fingerprint density at radius 3 is 2.61 bits per heavy atom. The Labute approximate surface area is 170 Å². The summed E-state index contributed by atoms with van der Waals surface area (Å²) in [5, 5.41) is 1.96. The first kappa shape index (κ1) is 20.5. The molecule has 28 heavy (non-hydrogen) atoms. The van der Waals surface area contributed by atoms with Gasteiger partial charge in [-0.05, 0) is 24.6 Å². The quantitative estimate of drug-likeness (QED) is 0.251. The van der Waals surface area contributed by atoms with Gasteiger partial charge in [-0.25, -0.2) is 4.98 Å². The van der Waals surface area contributed by atoms with E-state index in [1.165, 1.54) is 11.8 Å². The number of esters is 1. The van der Waals surface area contributed by atoms with Crippen molar-refractivity contribution in [2.75, 3.05) is 18.3 Å². The fourth-order valence-electron chi connectivity index (χ4n) is 3.00. The molecule has 3 aromatic rings. The molecule has 0 aliphatic carbocycles. The second-order valence-corrected chi connectivity index (χ2v) is 9.47. The van der Waals surface area contributed by atoms with Gasteiger partial charge in [-0.3, -0.25) is 4.79 Å². The van der Waals surface area contributed by atoms with E-state index in [0.29, 0.717) is 18.3 Å². The van der Waals surface area contributed by atoms with E-state index in [-0.39, 0.29) is 18.3 Å². The summed E-state index contributed by atoms with van der Waals surface area (Å²) >= 11 is 1.50. The molecule has 6 heteroatoms. The number of benzene rings is 2. The van der Waals surface area contributed by atoms with Crippen LogP contribution in [-0.2, 0) is 14.1 Å². The van der Waals surface area contributed by atoms with Crippen LogP contribution in [0, 0.1) is 0 Å². The molecule has 0 bridgehead atoms. The van der Waals surface area contributed by atoms with Crippen molar-refractivity contribution in [3.63, 3.8) is 0 Å². The molecule has 144 valence electrons. The minimum absolute atomic E-state index is 0.103. The number of para-hydroxylation sites is 1.